The minimum absolute atomic E-state index is 0.0495. The number of aromatic nitrogens is 2. The Hall–Kier alpha value is -1.79. The van der Waals surface area contributed by atoms with Crippen molar-refractivity contribution >= 4 is 17.7 Å². The van der Waals surface area contributed by atoms with Crippen LogP contribution in [0.15, 0.2) is 29.2 Å². The van der Waals surface area contributed by atoms with Crippen molar-refractivity contribution in [3.8, 4) is 0 Å². The largest absolute Gasteiger partial charge is 0.383 e. The lowest BCUT2D eigenvalue weighted by Gasteiger charge is -2.25. The first-order valence-corrected chi connectivity index (χ1v) is 9.40. The molecule has 1 atom stereocenters. The summed E-state index contributed by atoms with van der Waals surface area (Å²) in [6.07, 6.45) is 0.800. The van der Waals surface area contributed by atoms with Crippen LogP contribution in [0, 0.1) is 13.8 Å². The van der Waals surface area contributed by atoms with Gasteiger partial charge in [-0.2, -0.15) is 5.10 Å². The van der Waals surface area contributed by atoms with Crippen molar-refractivity contribution in [3.63, 3.8) is 0 Å². The smallest absolute Gasteiger partial charge is 0.236 e. The zero-order chi connectivity index (χ0) is 18.0. The van der Waals surface area contributed by atoms with Gasteiger partial charge in [0.15, 0.2) is 0 Å². The molecule has 25 heavy (non-hydrogen) atoms. The molecule has 1 aromatic carbocycles. The highest BCUT2D eigenvalue weighted by molar-refractivity contribution is 8.01. The van der Waals surface area contributed by atoms with Gasteiger partial charge in [-0.3, -0.25) is 9.48 Å². The standard InChI is InChI=1S/C19H25N3O2S/c1-13-16(14(2)21(3)20-13)12-22(9-10-24-4)19(23)18-11-15-7-5-6-8-17(15)25-18/h5-8,18H,9-12H2,1-4H3/t18-/m1/s1. The van der Waals surface area contributed by atoms with Crippen LogP contribution in [0.25, 0.3) is 0 Å². The van der Waals surface area contributed by atoms with E-state index in [2.05, 4.69) is 24.2 Å². The van der Waals surface area contributed by atoms with E-state index in [9.17, 15) is 4.79 Å². The van der Waals surface area contributed by atoms with E-state index in [1.807, 2.05) is 35.7 Å². The van der Waals surface area contributed by atoms with Gasteiger partial charge in [-0.05, 0) is 31.9 Å². The SMILES string of the molecule is COCCN(Cc1c(C)nn(C)c1C)C(=O)[C@H]1Cc2ccccc2S1. The van der Waals surface area contributed by atoms with Crippen molar-refractivity contribution in [3.05, 3.63) is 46.8 Å². The minimum atomic E-state index is -0.0495. The number of ether oxygens (including phenoxy) is 1. The number of benzene rings is 1. The third-order valence-corrected chi connectivity index (χ3v) is 6.11. The molecular weight excluding hydrogens is 334 g/mol. The molecule has 2 heterocycles. The fraction of sp³-hybridized carbons (Fsp3) is 0.474. The molecule has 0 saturated heterocycles. The minimum Gasteiger partial charge on any atom is -0.383 e. The lowest BCUT2D eigenvalue weighted by molar-refractivity contribution is -0.131. The van der Waals surface area contributed by atoms with Crippen LogP contribution >= 0.6 is 11.8 Å². The highest BCUT2D eigenvalue weighted by Gasteiger charge is 2.32. The van der Waals surface area contributed by atoms with Crippen LogP contribution in [0.3, 0.4) is 0 Å². The number of aryl methyl sites for hydroxylation is 2. The Morgan fingerprint density at radius 3 is 2.80 bits per heavy atom. The van der Waals surface area contributed by atoms with Crippen LogP contribution in [0.5, 0.6) is 0 Å². The third kappa shape index (κ3) is 3.75. The van der Waals surface area contributed by atoms with Gasteiger partial charge in [0.05, 0.1) is 17.6 Å². The van der Waals surface area contributed by atoms with Crippen LogP contribution in [-0.2, 0) is 29.5 Å². The monoisotopic (exact) mass is 359 g/mol. The lowest BCUT2D eigenvalue weighted by Crippen LogP contribution is -2.39. The molecule has 2 aromatic rings. The predicted octanol–water partition coefficient (Wildman–Crippen LogP) is 2.73. The summed E-state index contributed by atoms with van der Waals surface area (Å²) in [6, 6.07) is 8.29. The van der Waals surface area contributed by atoms with E-state index in [-0.39, 0.29) is 11.2 Å². The average molecular weight is 359 g/mol. The molecule has 1 aliphatic rings. The van der Waals surface area contributed by atoms with Crippen molar-refractivity contribution in [1.29, 1.82) is 0 Å². The van der Waals surface area contributed by atoms with Gasteiger partial charge in [-0.25, -0.2) is 0 Å². The first-order chi connectivity index (χ1) is 12.0. The van der Waals surface area contributed by atoms with Crippen molar-refractivity contribution in [2.45, 2.75) is 37.0 Å². The highest BCUT2D eigenvalue weighted by atomic mass is 32.2. The van der Waals surface area contributed by atoms with Gasteiger partial charge in [0.2, 0.25) is 5.91 Å². The van der Waals surface area contributed by atoms with Crippen LogP contribution in [0.4, 0.5) is 0 Å². The molecule has 6 heteroatoms. The molecule has 0 bridgehead atoms. The summed E-state index contributed by atoms with van der Waals surface area (Å²) >= 11 is 1.68. The highest BCUT2D eigenvalue weighted by Crippen LogP contribution is 2.37. The number of amides is 1. The van der Waals surface area contributed by atoms with Crippen molar-refractivity contribution in [2.75, 3.05) is 20.3 Å². The Bertz CT molecular complexity index is 747. The number of thioether (sulfide) groups is 1. The Morgan fingerprint density at radius 2 is 2.16 bits per heavy atom. The van der Waals surface area contributed by atoms with Gasteiger partial charge in [-0.1, -0.05) is 18.2 Å². The van der Waals surface area contributed by atoms with E-state index < -0.39 is 0 Å². The fourth-order valence-corrected chi connectivity index (χ4v) is 4.51. The summed E-state index contributed by atoms with van der Waals surface area (Å²) in [5.74, 6) is 0.181. The van der Waals surface area contributed by atoms with Gasteiger partial charge in [0.25, 0.3) is 0 Å². The summed E-state index contributed by atoms with van der Waals surface area (Å²) in [5.41, 5.74) is 4.49. The maximum absolute atomic E-state index is 13.2. The van der Waals surface area contributed by atoms with E-state index in [0.29, 0.717) is 19.7 Å². The van der Waals surface area contributed by atoms with Crippen molar-refractivity contribution < 1.29 is 9.53 Å². The third-order valence-electron chi connectivity index (χ3n) is 4.81. The number of carbonyl (C=O) groups excluding carboxylic acids is 1. The topological polar surface area (TPSA) is 47.4 Å². The van der Waals surface area contributed by atoms with Crippen molar-refractivity contribution in [1.82, 2.24) is 14.7 Å². The Kier molecular flexibility index (Phi) is 5.49. The number of hydrogen-bond acceptors (Lipinski definition) is 4. The van der Waals surface area contributed by atoms with Gasteiger partial charge in [0.1, 0.15) is 0 Å². The molecule has 1 aromatic heterocycles. The van der Waals surface area contributed by atoms with Gasteiger partial charge in [0, 0.05) is 43.4 Å². The molecule has 0 saturated carbocycles. The molecule has 1 aliphatic heterocycles. The Balaban J connectivity index is 1.77. The molecule has 5 nitrogen and oxygen atoms in total. The fourth-order valence-electron chi connectivity index (χ4n) is 3.23. The number of carbonyl (C=O) groups is 1. The summed E-state index contributed by atoms with van der Waals surface area (Å²) in [4.78, 5) is 16.3. The molecule has 0 aliphatic carbocycles. The van der Waals surface area contributed by atoms with Gasteiger partial charge >= 0.3 is 0 Å². The van der Waals surface area contributed by atoms with Crippen LogP contribution in [0.1, 0.15) is 22.5 Å². The number of hydrogen-bond donors (Lipinski definition) is 0. The molecular formula is C19H25N3O2S. The second-order valence-electron chi connectivity index (χ2n) is 6.44. The van der Waals surface area contributed by atoms with Crippen LogP contribution < -0.4 is 0 Å². The van der Waals surface area contributed by atoms with Crippen LogP contribution in [0.2, 0.25) is 0 Å². The van der Waals surface area contributed by atoms with Crippen LogP contribution in [-0.4, -0.2) is 46.1 Å². The summed E-state index contributed by atoms with van der Waals surface area (Å²) < 4.78 is 7.11. The normalized spacial score (nSPS) is 16.1. The molecule has 0 spiro atoms. The van der Waals surface area contributed by atoms with E-state index in [1.165, 1.54) is 10.5 Å². The number of fused-ring (bicyclic) bond motifs is 1. The second kappa shape index (κ2) is 7.62. The van der Waals surface area contributed by atoms with E-state index >= 15 is 0 Å². The summed E-state index contributed by atoms with van der Waals surface area (Å²) in [5, 5.41) is 4.43. The molecule has 3 rings (SSSR count). The second-order valence-corrected chi connectivity index (χ2v) is 7.69. The zero-order valence-corrected chi connectivity index (χ0v) is 16.1. The first-order valence-electron chi connectivity index (χ1n) is 8.52. The van der Waals surface area contributed by atoms with Gasteiger partial charge < -0.3 is 9.64 Å². The molecule has 0 N–H and O–H groups in total. The molecule has 134 valence electrons. The Labute approximate surface area is 153 Å². The molecule has 1 amide bonds. The van der Waals surface area contributed by atoms with E-state index in [0.717, 1.165) is 23.4 Å². The zero-order valence-electron chi connectivity index (χ0n) is 15.3. The maximum Gasteiger partial charge on any atom is 0.236 e. The maximum atomic E-state index is 13.2. The predicted molar refractivity (Wildman–Crippen MR) is 99.8 cm³/mol. The first kappa shape index (κ1) is 18.0. The molecule has 0 unspecified atom stereocenters. The van der Waals surface area contributed by atoms with E-state index in [4.69, 9.17) is 4.74 Å². The summed E-state index contributed by atoms with van der Waals surface area (Å²) in [6.45, 7) is 5.77. The van der Waals surface area contributed by atoms with Crippen molar-refractivity contribution in [2.24, 2.45) is 7.05 Å². The number of rotatable bonds is 6. The molecule has 0 fully saturated rings. The number of nitrogens with zero attached hydrogens (tertiary/aromatic N) is 3. The molecule has 0 radical (unpaired) electrons. The summed E-state index contributed by atoms with van der Waals surface area (Å²) in [7, 11) is 3.61. The van der Waals surface area contributed by atoms with Gasteiger partial charge in [-0.15, -0.1) is 11.8 Å². The lowest BCUT2D eigenvalue weighted by atomic mass is 10.1. The average Bonchev–Trinajstić information content (AvgIpc) is 3.13. The Morgan fingerprint density at radius 1 is 1.40 bits per heavy atom. The number of methoxy groups -OCH3 is 1. The quantitative estimate of drug-likeness (QED) is 0.796. The van der Waals surface area contributed by atoms with E-state index in [1.54, 1.807) is 18.9 Å².